The molecule has 0 amide bonds. The summed E-state index contributed by atoms with van der Waals surface area (Å²) >= 11 is 0. The van der Waals surface area contributed by atoms with Gasteiger partial charge in [0.15, 0.2) is 0 Å². The summed E-state index contributed by atoms with van der Waals surface area (Å²) < 4.78 is 0. The number of nitrogens with zero attached hydrogens (tertiary/aromatic N) is 4. The lowest BCUT2D eigenvalue weighted by Crippen LogP contribution is -2.31. The Kier molecular flexibility index (Phi) is 5.31. The van der Waals surface area contributed by atoms with Gasteiger partial charge < -0.3 is 10.2 Å². The number of aryl methyl sites for hydroxylation is 1. The van der Waals surface area contributed by atoms with E-state index in [1.54, 1.807) is 6.33 Å². The van der Waals surface area contributed by atoms with E-state index in [0.717, 1.165) is 43.4 Å². The second-order valence-electron chi connectivity index (χ2n) is 7.94. The summed E-state index contributed by atoms with van der Waals surface area (Å²) in [5, 5.41) is 3.44. The Morgan fingerprint density at radius 2 is 1.71 bits per heavy atom. The van der Waals surface area contributed by atoms with Crippen LogP contribution in [0.5, 0.6) is 0 Å². The third-order valence-electron chi connectivity index (χ3n) is 5.76. The van der Waals surface area contributed by atoms with E-state index >= 15 is 0 Å². The van der Waals surface area contributed by atoms with Crippen LogP contribution in [0.2, 0.25) is 0 Å². The topological polar surface area (TPSA) is 53.9 Å². The molecule has 0 radical (unpaired) electrons. The van der Waals surface area contributed by atoms with Crippen molar-refractivity contribution in [3.05, 3.63) is 102 Å². The Hall–Kier alpha value is -3.73. The maximum atomic E-state index is 4.51. The quantitative estimate of drug-likeness (QED) is 0.503. The van der Waals surface area contributed by atoms with Crippen LogP contribution in [0, 0.1) is 6.92 Å². The summed E-state index contributed by atoms with van der Waals surface area (Å²) in [4.78, 5) is 15.5. The normalized spacial score (nSPS) is 13.0. The van der Waals surface area contributed by atoms with Gasteiger partial charge in [0.2, 0.25) is 0 Å². The standard InChI is InChI=1S/C26H25N5/c1-19-14-23(10-12-27-19)22-8-6-20(7-9-22)16-28-25-15-26(30-18-29-25)31-13-11-21-4-2-3-5-24(21)17-31/h2-10,12,14-15,18H,11,13,16-17H2,1H3,(H,28,29,30). The number of hydrogen-bond donors (Lipinski definition) is 1. The summed E-state index contributed by atoms with van der Waals surface area (Å²) in [6.07, 6.45) is 4.55. The third-order valence-corrected chi connectivity index (χ3v) is 5.76. The second kappa shape index (κ2) is 8.56. The van der Waals surface area contributed by atoms with Crippen molar-refractivity contribution in [1.29, 1.82) is 0 Å². The fourth-order valence-corrected chi connectivity index (χ4v) is 4.04. The first-order valence-electron chi connectivity index (χ1n) is 10.6. The van der Waals surface area contributed by atoms with Crippen LogP contribution in [0.1, 0.15) is 22.4 Å². The molecule has 5 heteroatoms. The molecule has 0 saturated carbocycles. The Morgan fingerprint density at radius 3 is 2.55 bits per heavy atom. The molecule has 2 aromatic carbocycles. The number of anilines is 2. The zero-order valence-electron chi connectivity index (χ0n) is 17.6. The SMILES string of the molecule is Cc1cc(-c2ccc(CNc3cc(N4CCc5ccccc5C4)ncn3)cc2)ccn1. The number of hydrogen-bond acceptors (Lipinski definition) is 5. The molecule has 3 heterocycles. The maximum Gasteiger partial charge on any atom is 0.134 e. The minimum Gasteiger partial charge on any atom is -0.366 e. The molecule has 154 valence electrons. The van der Waals surface area contributed by atoms with Gasteiger partial charge in [-0.2, -0.15) is 0 Å². The van der Waals surface area contributed by atoms with Crippen LogP contribution in [-0.4, -0.2) is 21.5 Å². The second-order valence-corrected chi connectivity index (χ2v) is 7.94. The van der Waals surface area contributed by atoms with E-state index in [2.05, 4.69) is 79.8 Å². The van der Waals surface area contributed by atoms with Crippen molar-refractivity contribution in [2.75, 3.05) is 16.8 Å². The zero-order valence-corrected chi connectivity index (χ0v) is 17.6. The van der Waals surface area contributed by atoms with Gasteiger partial charge in [-0.3, -0.25) is 4.98 Å². The monoisotopic (exact) mass is 407 g/mol. The number of aromatic nitrogens is 3. The number of benzene rings is 2. The van der Waals surface area contributed by atoms with Gasteiger partial charge in [-0.15, -0.1) is 0 Å². The van der Waals surface area contributed by atoms with Gasteiger partial charge in [-0.05, 0) is 53.3 Å². The molecule has 0 spiro atoms. The van der Waals surface area contributed by atoms with E-state index in [1.165, 1.54) is 27.8 Å². The minimum absolute atomic E-state index is 0.717. The highest BCUT2D eigenvalue weighted by atomic mass is 15.2. The Labute approximate surface area is 182 Å². The number of nitrogens with one attached hydrogen (secondary N) is 1. The maximum absolute atomic E-state index is 4.51. The van der Waals surface area contributed by atoms with E-state index in [1.807, 2.05) is 25.3 Å². The first kappa shape index (κ1) is 19.2. The average Bonchev–Trinajstić information content (AvgIpc) is 2.83. The predicted molar refractivity (Wildman–Crippen MR) is 125 cm³/mol. The Balaban J connectivity index is 1.24. The van der Waals surface area contributed by atoms with Crippen molar-refractivity contribution in [2.45, 2.75) is 26.4 Å². The molecule has 0 aliphatic carbocycles. The first-order valence-corrected chi connectivity index (χ1v) is 10.6. The molecule has 1 aliphatic heterocycles. The van der Waals surface area contributed by atoms with Crippen LogP contribution in [0.3, 0.4) is 0 Å². The fourth-order valence-electron chi connectivity index (χ4n) is 4.04. The Bertz CT molecular complexity index is 1190. The largest absolute Gasteiger partial charge is 0.366 e. The van der Waals surface area contributed by atoms with Crippen molar-refractivity contribution in [3.8, 4) is 11.1 Å². The molecule has 0 atom stereocenters. The van der Waals surface area contributed by atoms with Crippen LogP contribution in [0.4, 0.5) is 11.6 Å². The lowest BCUT2D eigenvalue weighted by Gasteiger charge is -2.29. The summed E-state index contributed by atoms with van der Waals surface area (Å²) in [6, 6.07) is 23.5. The van der Waals surface area contributed by atoms with Crippen LogP contribution in [0.25, 0.3) is 11.1 Å². The number of rotatable bonds is 5. The van der Waals surface area contributed by atoms with Crippen molar-refractivity contribution >= 4 is 11.6 Å². The van der Waals surface area contributed by atoms with Crippen molar-refractivity contribution in [1.82, 2.24) is 15.0 Å². The highest BCUT2D eigenvalue weighted by Gasteiger charge is 2.17. The summed E-state index contributed by atoms with van der Waals surface area (Å²) in [7, 11) is 0. The lowest BCUT2D eigenvalue weighted by molar-refractivity contribution is 0.719. The van der Waals surface area contributed by atoms with Gasteiger partial charge in [0.25, 0.3) is 0 Å². The molecule has 31 heavy (non-hydrogen) atoms. The third kappa shape index (κ3) is 4.40. The van der Waals surface area contributed by atoms with Gasteiger partial charge in [-0.1, -0.05) is 48.5 Å². The van der Waals surface area contributed by atoms with E-state index in [-0.39, 0.29) is 0 Å². The predicted octanol–water partition coefficient (Wildman–Crippen LogP) is 5.02. The molecule has 1 aliphatic rings. The molecule has 1 N–H and O–H groups in total. The van der Waals surface area contributed by atoms with Crippen LogP contribution < -0.4 is 10.2 Å². The Morgan fingerprint density at radius 1 is 0.871 bits per heavy atom. The lowest BCUT2D eigenvalue weighted by atomic mass is 10.00. The van der Waals surface area contributed by atoms with Gasteiger partial charge in [0.1, 0.15) is 18.0 Å². The summed E-state index contributed by atoms with van der Waals surface area (Å²) in [5.41, 5.74) is 7.45. The summed E-state index contributed by atoms with van der Waals surface area (Å²) in [5.74, 6) is 1.81. The number of pyridine rings is 1. The molecule has 5 rings (SSSR count). The van der Waals surface area contributed by atoms with Crippen LogP contribution in [-0.2, 0) is 19.5 Å². The van der Waals surface area contributed by atoms with Gasteiger partial charge >= 0.3 is 0 Å². The van der Waals surface area contributed by atoms with Gasteiger partial charge in [0, 0.05) is 37.6 Å². The van der Waals surface area contributed by atoms with E-state index in [9.17, 15) is 0 Å². The van der Waals surface area contributed by atoms with Gasteiger partial charge in [-0.25, -0.2) is 9.97 Å². The van der Waals surface area contributed by atoms with E-state index in [0.29, 0.717) is 0 Å². The van der Waals surface area contributed by atoms with Crippen LogP contribution >= 0.6 is 0 Å². The molecular weight excluding hydrogens is 382 g/mol. The first-order chi connectivity index (χ1) is 15.2. The molecule has 0 saturated heterocycles. The highest BCUT2D eigenvalue weighted by Crippen LogP contribution is 2.24. The summed E-state index contributed by atoms with van der Waals surface area (Å²) in [6.45, 7) is 4.60. The molecule has 5 nitrogen and oxygen atoms in total. The fraction of sp³-hybridized carbons (Fsp3) is 0.192. The number of fused-ring (bicyclic) bond motifs is 1. The molecule has 0 unspecified atom stereocenters. The zero-order chi connectivity index (χ0) is 21.0. The van der Waals surface area contributed by atoms with Crippen molar-refractivity contribution in [3.63, 3.8) is 0 Å². The van der Waals surface area contributed by atoms with E-state index < -0.39 is 0 Å². The van der Waals surface area contributed by atoms with Crippen molar-refractivity contribution in [2.24, 2.45) is 0 Å². The molecular formula is C26H25N5. The molecule has 0 fully saturated rings. The molecule has 0 bridgehead atoms. The average molecular weight is 408 g/mol. The molecule has 4 aromatic rings. The highest BCUT2D eigenvalue weighted by molar-refractivity contribution is 5.63. The smallest absolute Gasteiger partial charge is 0.134 e. The van der Waals surface area contributed by atoms with Crippen molar-refractivity contribution < 1.29 is 0 Å². The van der Waals surface area contributed by atoms with E-state index in [4.69, 9.17) is 0 Å². The van der Waals surface area contributed by atoms with Crippen LogP contribution in [0.15, 0.2) is 79.3 Å². The molecule has 2 aromatic heterocycles. The minimum atomic E-state index is 0.717. The van der Waals surface area contributed by atoms with Gasteiger partial charge in [0.05, 0.1) is 0 Å².